The summed E-state index contributed by atoms with van der Waals surface area (Å²) >= 11 is 1.39. The standard InChI is InChI=1S/C14H13N3O2S/c15-12-8-13(19)17-14(16-12)20-9-11-4-1-3-10(7-11)5-2-6-18/h1,3-4,7-8,18H,6,9H2,(H3,15,16,17,19). The zero-order valence-electron chi connectivity index (χ0n) is 10.6. The van der Waals surface area contributed by atoms with E-state index in [1.807, 2.05) is 24.3 Å². The van der Waals surface area contributed by atoms with Crippen LogP contribution in [0.3, 0.4) is 0 Å². The number of hydrogen-bond donors (Lipinski definition) is 3. The molecular weight excluding hydrogens is 274 g/mol. The first-order valence-corrected chi connectivity index (χ1v) is 6.84. The van der Waals surface area contributed by atoms with Gasteiger partial charge in [0.05, 0.1) is 0 Å². The molecule has 1 heterocycles. The molecule has 2 rings (SSSR count). The van der Waals surface area contributed by atoms with Crippen molar-refractivity contribution in [2.24, 2.45) is 0 Å². The molecule has 1 aromatic heterocycles. The Kier molecular flexibility index (Phi) is 4.82. The van der Waals surface area contributed by atoms with Crippen LogP contribution in [0.2, 0.25) is 0 Å². The Morgan fingerprint density at radius 2 is 2.25 bits per heavy atom. The summed E-state index contributed by atoms with van der Waals surface area (Å²) in [6.45, 7) is -0.159. The van der Waals surface area contributed by atoms with Gasteiger partial charge in [-0.1, -0.05) is 35.7 Å². The highest BCUT2D eigenvalue weighted by atomic mass is 32.2. The molecule has 0 fully saturated rings. The van der Waals surface area contributed by atoms with Crippen LogP contribution in [0.15, 0.2) is 40.3 Å². The van der Waals surface area contributed by atoms with E-state index in [0.29, 0.717) is 10.9 Å². The number of rotatable bonds is 3. The summed E-state index contributed by atoms with van der Waals surface area (Å²) in [6.07, 6.45) is 0. The van der Waals surface area contributed by atoms with Gasteiger partial charge in [0, 0.05) is 17.4 Å². The fourth-order valence-corrected chi connectivity index (χ4v) is 2.38. The van der Waals surface area contributed by atoms with Crippen LogP contribution in [0.1, 0.15) is 11.1 Å². The number of nitrogens with one attached hydrogen (secondary N) is 1. The van der Waals surface area contributed by atoms with Crippen LogP contribution in [0, 0.1) is 11.8 Å². The lowest BCUT2D eigenvalue weighted by Crippen LogP contribution is -2.09. The van der Waals surface area contributed by atoms with Crippen LogP contribution < -0.4 is 11.3 Å². The molecule has 0 aliphatic carbocycles. The molecule has 0 saturated carbocycles. The fraction of sp³-hybridized carbons (Fsp3) is 0.143. The van der Waals surface area contributed by atoms with E-state index in [0.717, 1.165) is 11.1 Å². The first kappa shape index (κ1) is 14.2. The normalized spacial score (nSPS) is 9.85. The second kappa shape index (κ2) is 6.80. The summed E-state index contributed by atoms with van der Waals surface area (Å²) < 4.78 is 0. The zero-order valence-corrected chi connectivity index (χ0v) is 11.4. The molecule has 0 aliphatic heterocycles. The molecule has 5 nitrogen and oxygen atoms in total. The van der Waals surface area contributed by atoms with Crippen molar-refractivity contribution in [1.29, 1.82) is 0 Å². The molecule has 2 aromatic rings. The number of aliphatic hydroxyl groups excluding tert-OH is 1. The van der Waals surface area contributed by atoms with Crippen molar-refractivity contribution in [2.75, 3.05) is 12.3 Å². The summed E-state index contributed by atoms with van der Waals surface area (Å²) in [7, 11) is 0. The lowest BCUT2D eigenvalue weighted by molar-refractivity contribution is 0.350. The molecule has 0 radical (unpaired) electrons. The number of nitrogens with zero attached hydrogens (tertiary/aromatic N) is 1. The number of benzene rings is 1. The SMILES string of the molecule is Nc1cc(=O)[nH]c(SCc2cccc(C#CCO)c2)n1. The number of nitrogens with two attached hydrogens (primary N) is 1. The summed E-state index contributed by atoms with van der Waals surface area (Å²) in [5.41, 5.74) is 7.14. The van der Waals surface area contributed by atoms with Crippen LogP contribution in [0.25, 0.3) is 0 Å². The highest BCUT2D eigenvalue weighted by Crippen LogP contribution is 2.19. The van der Waals surface area contributed by atoms with Gasteiger partial charge >= 0.3 is 0 Å². The largest absolute Gasteiger partial charge is 0.384 e. The Hall–Kier alpha value is -2.23. The molecule has 0 amide bonds. The van der Waals surface area contributed by atoms with E-state index in [1.165, 1.54) is 17.8 Å². The maximum Gasteiger partial charge on any atom is 0.253 e. The second-order valence-electron chi connectivity index (χ2n) is 3.92. The van der Waals surface area contributed by atoms with Gasteiger partial charge < -0.3 is 15.8 Å². The number of aromatic amines is 1. The van der Waals surface area contributed by atoms with Crippen molar-refractivity contribution >= 4 is 17.6 Å². The van der Waals surface area contributed by atoms with Crippen molar-refractivity contribution in [2.45, 2.75) is 10.9 Å². The van der Waals surface area contributed by atoms with Crippen molar-refractivity contribution in [1.82, 2.24) is 9.97 Å². The molecule has 6 heteroatoms. The molecule has 1 aromatic carbocycles. The number of H-pyrrole nitrogens is 1. The van der Waals surface area contributed by atoms with Crippen molar-refractivity contribution in [3.8, 4) is 11.8 Å². The number of hydrogen-bond acceptors (Lipinski definition) is 5. The fourth-order valence-electron chi connectivity index (χ4n) is 1.55. The lowest BCUT2D eigenvalue weighted by atomic mass is 10.1. The van der Waals surface area contributed by atoms with E-state index in [-0.39, 0.29) is 18.0 Å². The summed E-state index contributed by atoms with van der Waals surface area (Å²) in [4.78, 5) is 17.9. The van der Waals surface area contributed by atoms with Gasteiger partial charge in [0.2, 0.25) is 0 Å². The molecule has 0 spiro atoms. The van der Waals surface area contributed by atoms with Gasteiger partial charge in [0.15, 0.2) is 5.16 Å². The Morgan fingerprint density at radius 3 is 3.00 bits per heavy atom. The van der Waals surface area contributed by atoms with Crippen LogP contribution in [0.5, 0.6) is 0 Å². The molecule has 0 bridgehead atoms. The zero-order chi connectivity index (χ0) is 14.4. The van der Waals surface area contributed by atoms with Crippen LogP contribution >= 0.6 is 11.8 Å². The Balaban J connectivity index is 2.08. The third-order valence-corrected chi connectivity index (χ3v) is 3.30. The van der Waals surface area contributed by atoms with Crippen molar-refractivity contribution < 1.29 is 5.11 Å². The number of thioether (sulfide) groups is 1. The van der Waals surface area contributed by atoms with Gasteiger partial charge in [-0.25, -0.2) is 4.98 Å². The van der Waals surface area contributed by atoms with Crippen LogP contribution in [0.4, 0.5) is 5.82 Å². The maximum atomic E-state index is 11.3. The Morgan fingerprint density at radius 1 is 1.40 bits per heavy atom. The highest BCUT2D eigenvalue weighted by molar-refractivity contribution is 7.98. The third kappa shape index (κ3) is 4.16. The Labute approximate surface area is 120 Å². The molecule has 4 N–H and O–H groups in total. The van der Waals surface area contributed by atoms with Gasteiger partial charge in [0.1, 0.15) is 12.4 Å². The minimum Gasteiger partial charge on any atom is -0.384 e. The van der Waals surface area contributed by atoms with Gasteiger partial charge in [-0.05, 0) is 17.7 Å². The van der Waals surface area contributed by atoms with E-state index in [4.69, 9.17) is 10.8 Å². The first-order chi connectivity index (χ1) is 9.67. The van der Waals surface area contributed by atoms with Crippen LogP contribution in [-0.4, -0.2) is 21.7 Å². The Bertz CT molecular complexity index is 716. The van der Waals surface area contributed by atoms with Crippen LogP contribution in [-0.2, 0) is 5.75 Å². The predicted octanol–water partition coefficient (Wildman–Crippen LogP) is 0.988. The molecule has 102 valence electrons. The summed E-state index contributed by atoms with van der Waals surface area (Å²) in [5, 5.41) is 9.16. The molecule has 0 unspecified atom stereocenters. The average molecular weight is 287 g/mol. The van der Waals surface area contributed by atoms with E-state index in [1.54, 1.807) is 0 Å². The monoisotopic (exact) mass is 287 g/mol. The van der Waals surface area contributed by atoms with Gasteiger partial charge in [-0.2, -0.15) is 0 Å². The number of aromatic nitrogens is 2. The number of anilines is 1. The van der Waals surface area contributed by atoms with Crippen molar-refractivity contribution in [3.05, 3.63) is 51.8 Å². The molecular formula is C14H13N3O2S. The summed E-state index contributed by atoms with van der Waals surface area (Å²) in [5.74, 6) is 6.30. The smallest absolute Gasteiger partial charge is 0.253 e. The quantitative estimate of drug-likeness (QED) is 0.445. The number of nitrogen functional groups attached to an aromatic ring is 1. The van der Waals surface area contributed by atoms with Gasteiger partial charge in [-0.15, -0.1) is 0 Å². The van der Waals surface area contributed by atoms with E-state index in [2.05, 4.69) is 21.8 Å². The number of aliphatic hydroxyl groups is 1. The summed E-state index contributed by atoms with van der Waals surface area (Å²) in [6, 6.07) is 8.90. The van der Waals surface area contributed by atoms with Gasteiger partial charge in [0.25, 0.3) is 5.56 Å². The average Bonchev–Trinajstić information content (AvgIpc) is 2.42. The minimum absolute atomic E-state index is 0.159. The topological polar surface area (TPSA) is 92.0 Å². The second-order valence-corrected chi connectivity index (χ2v) is 4.89. The van der Waals surface area contributed by atoms with E-state index in [9.17, 15) is 4.79 Å². The lowest BCUT2D eigenvalue weighted by Gasteiger charge is -2.02. The molecule has 20 heavy (non-hydrogen) atoms. The third-order valence-electron chi connectivity index (χ3n) is 2.35. The molecule has 0 aliphatic rings. The molecule has 0 saturated heterocycles. The van der Waals surface area contributed by atoms with E-state index < -0.39 is 0 Å². The minimum atomic E-state index is -0.262. The van der Waals surface area contributed by atoms with Gasteiger partial charge in [-0.3, -0.25) is 4.79 Å². The van der Waals surface area contributed by atoms with E-state index >= 15 is 0 Å². The predicted molar refractivity (Wildman–Crippen MR) is 79.2 cm³/mol. The highest BCUT2D eigenvalue weighted by Gasteiger charge is 2.01. The maximum absolute atomic E-state index is 11.3. The molecule has 0 atom stereocenters. The first-order valence-electron chi connectivity index (χ1n) is 5.85. The van der Waals surface area contributed by atoms with Crippen molar-refractivity contribution in [3.63, 3.8) is 0 Å².